The molecule has 7 heteroatoms. The van der Waals surface area contributed by atoms with Crippen molar-refractivity contribution in [3.8, 4) is 0 Å². The Morgan fingerprint density at radius 3 is 2.09 bits per heavy atom. The molecule has 2 rings (SSSR count). The van der Waals surface area contributed by atoms with Gasteiger partial charge in [0, 0.05) is 0 Å². The molecule has 1 aromatic carbocycles. The van der Waals surface area contributed by atoms with Gasteiger partial charge in [0.2, 0.25) is 0 Å². The maximum Gasteiger partial charge on any atom is 0.307 e. The van der Waals surface area contributed by atoms with Crippen molar-refractivity contribution in [2.24, 2.45) is 0 Å². The number of hydrogen-bond acceptors (Lipinski definition) is 6. The number of benzene rings is 1. The van der Waals surface area contributed by atoms with E-state index in [0.717, 1.165) is 0 Å². The van der Waals surface area contributed by atoms with Gasteiger partial charge in [-0.15, -0.1) is 0 Å². The number of fused-ring (bicyclic) bond motifs is 1. The summed E-state index contributed by atoms with van der Waals surface area (Å²) in [5, 5.41) is 0. The van der Waals surface area contributed by atoms with Crippen molar-refractivity contribution in [3.63, 3.8) is 0 Å². The van der Waals surface area contributed by atoms with Gasteiger partial charge in [0.1, 0.15) is 0 Å². The van der Waals surface area contributed by atoms with Crippen LogP contribution in [0.1, 0.15) is 27.1 Å². The molecule has 0 fully saturated rings. The van der Waals surface area contributed by atoms with Crippen LogP contribution in [0.2, 0.25) is 0 Å². The maximum atomic E-state index is 12.1. The van der Waals surface area contributed by atoms with E-state index >= 15 is 0 Å². The summed E-state index contributed by atoms with van der Waals surface area (Å²) >= 11 is 0. The number of ether oxygens (including phenoxy) is 3. The Kier molecular flexibility index (Phi) is 6.25. The first-order valence-corrected chi connectivity index (χ1v) is 7.32. The molecule has 2 amide bonds. The third-order valence-electron chi connectivity index (χ3n) is 3.39. The standard InChI is InChI=1S/C16H19NO6/c1-21-14(18)6-8-22-10-11-23-9-7-17-15(19)12-4-2-3-5-13(12)16(17)20/h2-5H,6-11H2,1H3. The highest BCUT2D eigenvalue weighted by Gasteiger charge is 2.34. The van der Waals surface area contributed by atoms with Gasteiger partial charge in [0.05, 0.1) is 57.6 Å². The molecule has 0 radical (unpaired) electrons. The summed E-state index contributed by atoms with van der Waals surface area (Å²) in [4.78, 5) is 36.2. The monoisotopic (exact) mass is 321 g/mol. The van der Waals surface area contributed by atoms with Gasteiger partial charge in [0.15, 0.2) is 0 Å². The second kappa shape index (κ2) is 8.40. The Balaban J connectivity index is 1.62. The van der Waals surface area contributed by atoms with E-state index in [-0.39, 0.29) is 44.0 Å². The zero-order chi connectivity index (χ0) is 16.7. The largest absolute Gasteiger partial charge is 0.469 e. The van der Waals surface area contributed by atoms with Crippen LogP contribution in [0.15, 0.2) is 24.3 Å². The van der Waals surface area contributed by atoms with Gasteiger partial charge in [-0.1, -0.05) is 12.1 Å². The number of rotatable bonds is 9. The Morgan fingerprint density at radius 1 is 0.957 bits per heavy atom. The lowest BCUT2D eigenvalue weighted by Crippen LogP contribution is -2.33. The first-order valence-electron chi connectivity index (χ1n) is 7.32. The molecule has 124 valence electrons. The topological polar surface area (TPSA) is 82.1 Å². The number of hydrogen-bond donors (Lipinski definition) is 0. The van der Waals surface area contributed by atoms with Crippen LogP contribution in [0, 0.1) is 0 Å². The molecule has 23 heavy (non-hydrogen) atoms. The van der Waals surface area contributed by atoms with Gasteiger partial charge < -0.3 is 14.2 Å². The van der Waals surface area contributed by atoms with Gasteiger partial charge in [-0.05, 0) is 12.1 Å². The van der Waals surface area contributed by atoms with Crippen LogP contribution in [-0.4, -0.2) is 62.8 Å². The van der Waals surface area contributed by atoms with Crippen molar-refractivity contribution in [1.82, 2.24) is 4.90 Å². The zero-order valence-corrected chi connectivity index (χ0v) is 12.9. The van der Waals surface area contributed by atoms with Crippen LogP contribution in [0.5, 0.6) is 0 Å². The minimum Gasteiger partial charge on any atom is -0.469 e. The molecule has 0 bridgehead atoms. The van der Waals surface area contributed by atoms with Crippen LogP contribution in [0.25, 0.3) is 0 Å². The van der Waals surface area contributed by atoms with Crippen molar-refractivity contribution in [1.29, 1.82) is 0 Å². The van der Waals surface area contributed by atoms with Crippen LogP contribution >= 0.6 is 0 Å². The molecule has 0 spiro atoms. The number of carbonyl (C=O) groups excluding carboxylic acids is 3. The van der Waals surface area contributed by atoms with Crippen molar-refractivity contribution >= 4 is 17.8 Å². The van der Waals surface area contributed by atoms with E-state index in [0.29, 0.717) is 24.3 Å². The predicted molar refractivity (Wildman–Crippen MR) is 80.1 cm³/mol. The molecule has 0 aromatic heterocycles. The Labute approximate surface area is 134 Å². The summed E-state index contributed by atoms with van der Waals surface area (Å²) in [5.74, 6) is -0.899. The molecule has 1 aromatic rings. The first-order chi connectivity index (χ1) is 11.1. The maximum absolute atomic E-state index is 12.1. The van der Waals surface area contributed by atoms with E-state index in [1.54, 1.807) is 24.3 Å². The van der Waals surface area contributed by atoms with Crippen molar-refractivity contribution in [2.45, 2.75) is 6.42 Å². The molecule has 0 atom stereocenters. The van der Waals surface area contributed by atoms with E-state index < -0.39 is 0 Å². The molecule has 7 nitrogen and oxygen atoms in total. The van der Waals surface area contributed by atoms with Gasteiger partial charge in [0.25, 0.3) is 11.8 Å². The quantitative estimate of drug-likeness (QED) is 0.381. The Morgan fingerprint density at radius 2 is 1.52 bits per heavy atom. The molecule has 0 saturated carbocycles. The van der Waals surface area contributed by atoms with Crippen LogP contribution in [0.3, 0.4) is 0 Å². The third kappa shape index (κ3) is 4.37. The summed E-state index contributed by atoms with van der Waals surface area (Å²) < 4.78 is 15.0. The van der Waals surface area contributed by atoms with Crippen molar-refractivity contribution < 1.29 is 28.6 Å². The zero-order valence-electron chi connectivity index (χ0n) is 12.9. The highest BCUT2D eigenvalue weighted by atomic mass is 16.5. The normalized spacial score (nSPS) is 13.3. The van der Waals surface area contributed by atoms with Crippen LogP contribution < -0.4 is 0 Å². The van der Waals surface area contributed by atoms with Gasteiger partial charge in [-0.25, -0.2) is 0 Å². The molecule has 0 aliphatic carbocycles. The van der Waals surface area contributed by atoms with E-state index in [1.165, 1.54) is 12.0 Å². The summed E-state index contributed by atoms with van der Waals surface area (Å²) in [7, 11) is 1.32. The number of carbonyl (C=O) groups is 3. The smallest absolute Gasteiger partial charge is 0.307 e. The summed E-state index contributed by atoms with van der Waals surface area (Å²) in [6.07, 6.45) is 0.200. The summed E-state index contributed by atoms with van der Waals surface area (Å²) in [5.41, 5.74) is 0.868. The van der Waals surface area contributed by atoms with E-state index in [1.807, 2.05) is 0 Å². The van der Waals surface area contributed by atoms with Gasteiger partial charge >= 0.3 is 5.97 Å². The average molecular weight is 321 g/mol. The predicted octanol–water partition coefficient (Wildman–Crippen LogP) is 0.879. The molecule has 1 aliphatic rings. The number of nitrogens with zero attached hydrogens (tertiary/aromatic N) is 1. The second-order valence-corrected chi connectivity index (χ2v) is 4.86. The lowest BCUT2D eigenvalue weighted by atomic mass is 10.1. The summed E-state index contributed by atoms with van der Waals surface area (Å²) in [6, 6.07) is 6.75. The van der Waals surface area contributed by atoms with Gasteiger partial charge in [-0.3, -0.25) is 19.3 Å². The minimum atomic E-state index is -0.323. The fourth-order valence-electron chi connectivity index (χ4n) is 2.18. The lowest BCUT2D eigenvalue weighted by Gasteiger charge is -2.13. The minimum absolute atomic E-state index is 0.200. The molecule has 1 heterocycles. The Bertz CT molecular complexity index is 551. The van der Waals surface area contributed by atoms with E-state index in [2.05, 4.69) is 4.74 Å². The lowest BCUT2D eigenvalue weighted by molar-refractivity contribution is -0.141. The van der Waals surface area contributed by atoms with Gasteiger partial charge in [-0.2, -0.15) is 0 Å². The number of methoxy groups -OCH3 is 1. The van der Waals surface area contributed by atoms with E-state index in [9.17, 15) is 14.4 Å². The number of amides is 2. The fourth-order valence-corrected chi connectivity index (χ4v) is 2.18. The fraction of sp³-hybridized carbons (Fsp3) is 0.438. The van der Waals surface area contributed by atoms with Crippen LogP contribution in [0.4, 0.5) is 0 Å². The van der Waals surface area contributed by atoms with Crippen molar-refractivity contribution in [2.75, 3.05) is 40.1 Å². The molecule has 0 saturated heterocycles. The Hall–Kier alpha value is -2.25. The second-order valence-electron chi connectivity index (χ2n) is 4.86. The van der Waals surface area contributed by atoms with Crippen molar-refractivity contribution in [3.05, 3.63) is 35.4 Å². The molecule has 0 N–H and O–H groups in total. The van der Waals surface area contributed by atoms with E-state index in [4.69, 9.17) is 9.47 Å². The average Bonchev–Trinajstić information content (AvgIpc) is 2.82. The first kappa shape index (κ1) is 17.1. The van der Waals surface area contributed by atoms with Crippen LogP contribution in [-0.2, 0) is 19.0 Å². The SMILES string of the molecule is COC(=O)CCOCCOCCN1C(=O)c2ccccc2C1=O. The number of imide groups is 1. The third-order valence-corrected chi connectivity index (χ3v) is 3.39. The highest BCUT2D eigenvalue weighted by Crippen LogP contribution is 2.21. The molecule has 1 aliphatic heterocycles. The molecular weight excluding hydrogens is 302 g/mol. The summed E-state index contributed by atoms with van der Waals surface area (Å²) in [6.45, 7) is 1.37. The molecule has 0 unspecified atom stereocenters. The number of esters is 1. The molecular formula is C16H19NO6. The highest BCUT2D eigenvalue weighted by molar-refractivity contribution is 6.21.